The number of benzene rings is 6. The number of hydrogen-bond acceptors (Lipinski definition) is 2. The van der Waals surface area contributed by atoms with Crippen molar-refractivity contribution >= 4 is 76.3 Å². The molecule has 0 fully saturated rings. The molecule has 10 rings (SSSR count). The highest BCUT2D eigenvalue weighted by Gasteiger charge is 2.26. The fraction of sp³-hybridized carbons (Fsp3) is 0.0526. The van der Waals surface area contributed by atoms with E-state index in [0.29, 0.717) is 0 Å². The number of aromatic nitrogens is 3. The number of fused-ring (bicyclic) bond motifs is 8. The summed E-state index contributed by atoms with van der Waals surface area (Å²) in [6.45, 7) is 0. The van der Waals surface area contributed by atoms with Crippen LogP contribution in [0.2, 0.25) is 0 Å². The van der Waals surface area contributed by atoms with Crippen LogP contribution in [0, 0.1) is 0 Å². The Kier molecular flexibility index (Phi) is 4.03. The van der Waals surface area contributed by atoms with Gasteiger partial charge < -0.3 is 4.57 Å². The minimum atomic E-state index is 0.950. The first-order valence-electron chi connectivity index (χ1n) is 14.3. The lowest BCUT2D eigenvalue weighted by atomic mass is 9.87. The summed E-state index contributed by atoms with van der Waals surface area (Å²) in [5, 5.41) is 10.1. The van der Waals surface area contributed by atoms with Crippen molar-refractivity contribution in [2.45, 2.75) is 12.8 Å². The van der Waals surface area contributed by atoms with Crippen LogP contribution < -0.4 is 0 Å². The van der Waals surface area contributed by atoms with Crippen LogP contribution in [0.3, 0.4) is 0 Å². The first-order chi connectivity index (χ1) is 20.4. The SMILES string of the molecule is C1=CC2=C(CC1)c1cccc3ccc4c(c13)c1c2cccc1n4-c1ccc2c(c1)c1ccccc1c1nccnc21. The van der Waals surface area contributed by atoms with Crippen LogP contribution in [0.1, 0.15) is 24.0 Å². The van der Waals surface area contributed by atoms with Crippen molar-refractivity contribution in [3.8, 4) is 5.69 Å². The van der Waals surface area contributed by atoms with Crippen LogP contribution in [-0.2, 0) is 0 Å². The average Bonchev–Trinajstić information content (AvgIpc) is 3.32. The summed E-state index contributed by atoms with van der Waals surface area (Å²) < 4.78 is 2.47. The molecule has 0 saturated carbocycles. The van der Waals surface area contributed by atoms with E-state index in [1.165, 1.54) is 65.6 Å². The summed E-state index contributed by atoms with van der Waals surface area (Å²) in [5.74, 6) is 0. The minimum Gasteiger partial charge on any atom is -0.309 e. The van der Waals surface area contributed by atoms with Gasteiger partial charge in [0.05, 0.1) is 22.1 Å². The molecular formula is C38H23N3. The maximum atomic E-state index is 4.77. The first kappa shape index (κ1) is 21.5. The van der Waals surface area contributed by atoms with Crippen LogP contribution >= 0.6 is 0 Å². The lowest BCUT2D eigenvalue weighted by Gasteiger charge is -2.18. The van der Waals surface area contributed by atoms with Crippen molar-refractivity contribution in [3.63, 3.8) is 0 Å². The molecule has 41 heavy (non-hydrogen) atoms. The quantitative estimate of drug-likeness (QED) is 0.201. The highest BCUT2D eigenvalue weighted by Crippen LogP contribution is 2.49. The Balaban J connectivity index is 1.39. The Morgan fingerprint density at radius 1 is 0.585 bits per heavy atom. The summed E-state index contributed by atoms with van der Waals surface area (Å²) in [6, 6.07) is 33.7. The van der Waals surface area contributed by atoms with Crippen molar-refractivity contribution < 1.29 is 0 Å². The molecule has 6 aromatic carbocycles. The standard InChI is InChI=1S/C38H23N3/c1-2-9-25-24(8-1)27-12-5-7-22-15-18-33-36(34(22)27)35-28(25)13-6-14-32(35)41(33)23-16-17-30-31(21-23)26-10-3-4-11-29(26)37-38(30)40-20-19-39-37/h2-7,9-21H,1,8H2. The Morgan fingerprint density at radius 3 is 2.27 bits per heavy atom. The van der Waals surface area contributed by atoms with Gasteiger partial charge in [0.2, 0.25) is 0 Å². The van der Waals surface area contributed by atoms with Gasteiger partial charge in [-0.3, -0.25) is 9.97 Å². The van der Waals surface area contributed by atoms with Gasteiger partial charge in [-0.25, -0.2) is 0 Å². The molecule has 2 heterocycles. The molecule has 0 atom stereocenters. The first-order valence-corrected chi connectivity index (χ1v) is 14.3. The second-order valence-electron chi connectivity index (χ2n) is 11.3. The van der Waals surface area contributed by atoms with Gasteiger partial charge in [0.15, 0.2) is 0 Å². The molecule has 0 radical (unpaired) electrons. The minimum absolute atomic E-state index is 0.950. The molecule has 0 spiro atoms. The van der Waals surface area contributed by atoms with E-state index < -0.39 is 0 Å². The Labute approximate surface area is 235 Å². The second-order valence-corrected chi connectivity index (χ2v) is 11.3. The van der Waals surface area contributed by atoms with E-state index in [0.717, 1.165) is 40.3 Å². The average molecular weight is 522 g/mol. The lowest BCUT2D eigenvalue weighted by Crippen LogP contribution is -1.98. The fourth-order valence-electron chi connectivity index (χ4n) is 7.63. The lowest BCUT2D eigenvalue weighted by molar-refractivity contribution is 1.06. The normalized spacial score (nSPS) is 14.4. The highest BCUT2D eigenvalue weighted by atomic mass is 15.0. The van der Waals surface area contributed by atoms with Gasteiger partial charge in [-0.15, -0.1) is 0 Å². The van der Waals surface area contributed by atoms with E-state index in [9.17, 15) is 0 Å². The van der Waals surface area contributed by atoms with Crippen molar-refractivity contribution in [2.24, 2.45) is 0 Å². The van der Waals surface area contributed by atoms with Gasteiger partial charge >= 0.3 is 0 Å². The zero-order chi connectivity index (χ0) is 26.7. The molecule has 2 aliphatic rings. The summed E-state index contributed by atoms with van der Waals surface area (Å²) in [4.78, 5) is 9.49. The van der Waals surface area contributed by atoms with Crippen molar-refractivity contribution in [1.29, 1.82) is 0 Å². The number of nitrogens with zero attached hydrogens (tertiary/aromatic N) is 3. The topological polar surface area (TPSA) is 30.7 Å². The van der Waals surface area contributed by atoms with Gasteiger partial charge in [0, 0.05) is 39.6 Å². The summed E-state index contributed by atoms with van der Waals surface area (Å²) in [6.07, 6.45) is 10.4. The fourth-order valence-corrected chi connectivity index (χ4v) is 7.63. The summed E-state index contributed by atoms with van der Waals surface area (Å²) in [7, 11) is 0. The van der Waals surface area contributed by atoms with E-state index in [-0.39, 0.29) is 0 Å². The van der Waals surface area contributed by atoms with Crippen LogP contribution in [0.25, 0.3) is 82.0 Å². The Bertz CT molecular complexity index is 2490. The van der Waals surface area contributed by atoms with E-state index >= 15 is 0 Å². The molecule has 0 aliphatic heterocycles. The third-order valence-electron chi connectivity index (χ3n) is 9.27. The number of rotatable bonds is 1. The van der Waals surface area contributed by atoms with E-state index in [1.807, 2.05) is 0 Å². The molecule has 0 N–H and O–H groups in total. The van der Waals surface area contributed by atoms with Gasteiger partial charge in [0.1, 0.15) is 0 Å². The zero-order valence-electron chi connectivity index (χ0n) is 22.2. The molecule has 3 heteroatoms. The zero-order valence-corrected chi connectivity index (χ0v) is 22.2. The molecule has 8 aromatic rings. The van der Waals surface area contributed by atoms with Crippen LogP contribution in [0.4, 0.5) is 0 Å². The molecule has 2 aliphatic carbocycles. The Morgan fingerprint density at radius 2 is 1.37 bits per heavy atom. The summed E-state index contributed by atoms with van der Waals surface area (Å²) in [5.41, 5.74) is 11.1. The summed E-state index contributed by atoms with van der Waals surface area (Å²) >= 11 is 0. The van der Waals surface area contributed by atoms with E-state index in [4.69, 9.17) is 9.97 Å². The third kappa shape index (κ3) is 2.68. The van der Waals surface area contributed by atoms with Crippen LogP contribution in [0.15, 0.2) is 116 Å². The van der Waals surface area contributed by atoms with Gasteiger partial charge in [0.25, 0.3) is 0 Å². The van der Waals surface area contributed by atoms with Crippen molar-refractivity contribution in [3.05, 3.63) is 127 Å². The largest absolute Gasteiger partial charge is 0.309 e. The molecule has 0 unspecified atom stereocenters. The molecule has 190 valence electrons. The van der Waals surface area contributed by atoms with Gasteiger partial charge in [-0.2, -0.15) is 0 Å². The molecular weight excluding hydrogens is 498 g/mol. The van der Waals surface area contributed by atoms with Crippen molar-refractivity contribution in [1.82, 2.24) is 14.5 Å². The van der Waals surface area contributed by atoms with Crippen LogP contribution in [0.5, 0.6) is 0 Å². The number of allylic oxidation sites excluding steroid dienone is 4. The smallest absolute Gasteiger partial charge is 0.0971 e. The highest BCUT2D eigenvalue weighted by molar-refractivity contribution is 6.30. The van der Waals surface area contributed by atoms with Gasteiger partial charge in [-0.1, -0.05) is 78.9 Å². The second kappa shape index (κ2) is 7.67. The predicted octanol–water partition coefficient (Wildman–Crippen LogP) is 9.76. The van der Waals surface area contributed by atoms with E-state index in [2.05, 4.69) is 108 Å². The molecule has 2 aromatic heterocycles. The maximum Gasteiger partial charge on any atom is 0.0971 e. The molecule has 0 amide bonds. The molecule has 0 bridgehead atoms. The Hall–Kier alpha value is -5.28. The predicted molar refractivity (Wildman–Crippen MR) is 172 cm³/mol. The molecule has 3 nitrogen and oxygen atoms in total. The van der Waals surface area contributed by atoms with Gasteiger partial charge in [-0.05, 0) is 80.9 Å². The van der Waals surface area contributed by atoms with Crippen molar-refractivity contribution in [2.75, 3.05) is 0 Å². The number of hydrogen-bond donors (Lipinski definition) is 0. The monoisotopic (exact) mass is 521 g/mol. The third-order valence-corrected chi connectivity index (χ3v) is 9.27. The maximum absolute atomic E-state index is 4.77. The van der Waals surface area contributed by atoms with Crippen LogP contribution in [-0.4, -0.2) is 14.5 Å². The molecule has 0 saturated heterocycles. The van der Waals surface area contributed by atoms with E-state index in [1.54, 1.807) is 12.4 Å².